The van der Waals surface area contributed by atoms with Crippen LogP contribution in [0.3, 0.4) is 0 Å². The van der Waals surface area contributed by atoms with Crippen LogP contribution in [0.25, 0.3) is 0 Å². The van der Waals surface area contributed by atoms with Gasteiger partial charge in [-0.1, -0.05) is 8.38 Å². The van der Waals surface area contributed by atoms with Crippen LogP contribution in [0.4, 0.5) is 0 Å². The van der Waals surface area contributed by atoms with Crippen molar-refractivity contribution in [2.45, 2.75) is 24.7 Å². The molecule has 2 unspecified atom stereocenters. The van der Waals surface area contributed by atoms with Crippen LogP contribution >= 0.6 is 16.8 Å². The van der Waals surface area contributed by atoms with Gasteiger partial charge in [-0.15, -0.1) is 0 Å². The molecule has 0 saturated heterocycles. The fraction of sp³-hybridized carbons (Fsp3) is 0.800. The molecule has 6 nitrogen and oxygen atoms in total. The molecule has 0 aromatic rings. The van der Waals surface area contributed by atoms with Crippen LogP contribution in [0.1, 0.15) is 19.3 Å². The number of carboxylic acids is 1. The third-order valence-corrected chi connectivity index (χ3v) is 4.65. The van der Waals surface area contributed by atoms with Gasteiger partial charge in [0, 0.05) is 12.4 Å². The zero-order valence-electron chi connectivity index (χ0n) is 8.69. The summed E-state index contributed by atoms with van der Waals surface area (Å²) >= 11 is 0. The van der Waals surface area contributed by atoms with Crippen LogP contribution in [-0.2, 0) is 4.79 Å². The number of rotatable bonds is 6. The Morgan fingerprint density at radius 3 is 2.00 bits per heavy atom. The molecule has 0 saturated carbocycles. The molecule has 0 bridgehead atoms. The third-order valence-electron chi connectivity index (χ3n) is 1.46. The van der Waals surface area contributed by atoms with Crippen LogP contribution in [0.15, 0.2) is 0 Å². The summed E-state index contributed by atoms with van der Waals surface area (Å²) in [6.45, 7) is 0. The van der Waals surface area contributed by atoms with Crippen molar-refractivity contribution >= 4 is 22.7 Å². The van der Waals surface area contributed by atoms with E-state index in [4.69, 9.17) is 4.89 Å². The number of hydrogen-bond donors (Lipinski definition) is 1. The second-order valence-electron chi connectivity index (χ2n) is 2.47. The van der Waals surface area contributed by atoms with Crippen molar-refractivity contribution in [2.75, 3.05) is 0 Å². The molecular formula is C5H10Na2O6P2. The molecule has 0 aromatic carbocycles. The quantitative estimate of drug-likeness (QED) is 0.378. The van der Waals surface area contributed by atoms with Gasteiger partial charge in [-0.25, -0.2) is 0 Å². The molecule has 0 aliphatic carbocycles. The summed E-state index contributed by atoms with van der Waals surface area (Å²) in [5.41, 5.74) is 0. The third kappa shape index (κ3) is 12.4. The monoisotopic (exact) mass is 274 g/mol. The summed E-state index contributed by atoms with van der Waals surface area (Å²) in [4.78, 5) is 49.7. The van der Waals surface area contributed by atoms with Gasteiger partial charge in [0.25, 0.3) is 0 Å². The summed E-state index contributed by atoms with van der Waals surface area (Å²) in [5.74, 6) is -1.29. The molecule has 2 atom stereocenters. The Morgan fingerprint density at radius 2 is 1.73 bits per heavy atom. The first-order valence-corrected chi connectivity index (χ1v) is 6.41. The zero-order valence-corrected chi connectivity index (χ0v) is 14.7. The molecule has 0 fully saturated rings. The van der Waals surface area contributed by atoms with E-state index in [-0.39, 0.29) is 78.4 Å². The van der Waals surface area contributed by atoms with Gasteiger partial charge in [-0.3, -0.25) is 4.89 Å². The number of aliphatic carboxylic acids is 1. The van der Waals surface area contributed by atoms with Gasteiger partial charge in [-0.05, 0) is 12.8 Å². The van der Waals surface area contributed by atoms with E-state index in [1.54, 1.807) is 0 Å². The Labute approximate surface area is 135 Å². The average molecular weight is 274 g/mol. The number of carbonyl (C=O) groups excluding carboxylic acids is 1. The van der Waals surface area contributed by atoms with E-state index in [1.807, 2.05) is 0 Å². The SMILES string of the molecule is O=C([O-])CCCC([PH+]([O-])[O-])[PH+]([O-])O.[Na+].[Na+]. The molecule has 0 radical (unpaired) electrons. The Hall–Kier alpha value is 2.17. The molecule has 0 aliphatic heterocycles. The normalized spacial score (nSPS) is 13.7. The summed E-state index contributed by atoms with van der Waals surface area (Å²) in [6.07, 6.45) is -0.340. The molecule has 15 heavy (non-hydrogen) atoms. The van der Waals surface area contributed by atoms with E-state index in [0.29, 0.717) is 0 Å². The summed E-state index contributed by atoms with van der Waals surface area (Å²) in [6, 6.07) is 0. The van der Waals surface area contributed by atoms with Crippen LogP contribution in [0, 0.1) is 0 Å². The Kier molecular flexibility index (Phi) is 18.8. The zero-order chi connectivity index (χ0) is 10.4. The molecule has 0 heterocycles. The summed E-state index contributed by atoms with van der Waals surface area (Å²) in [7, 11) is -6.41. The second-order valence-corrected chi connectivity index (χ2v) is 5.76. The van der Waals surface area contributed by atoms with Gasteiger partial charge in [-0.2, -0.15) is 0 Å². The van der Waals surface area contributed by atoms with E-state index < -0.39 is 28.1 Å². The van der Waals surface area contributed by atoms with Crippen molar-refractivity contribution in [2.24, 2.45) is 0 Å². The van der Waals surface area contributed by atoms with Crippen LogP contribution in [-0.4, -0.2) is 16.3 Å². The predicted molar refractivity (Wildman–Crippen MR) is 41.5 cm³/mol. The minimum absolute atomic E-state index is 0. The van der Waals surface area contributed by atoms with E-state index in [0.717, 1.165) is 0 Å². The summed E-state index contributed by atoms with van der Waals surface area (Å²) < 4.78 is 0. The maximum Gasteiger partial charge on any atom is 1.00 e. The van der Waals surface area contributed by atoms with E-state index in [1.165, 1.54) is 0 Å². The Balaban J connectivity index is -0.000000720. The largest absolute Gasteiger partial charge is 1.00 e. The fourth-order valence-corrected chi connectivity index (χ4v) is 2.49. The number of carbonyl (C=O) groups is 1. The van der Waals surface area contributed by atoms with Crippen LogP contribution < -0.4 is 78.9 Å². The number of hydrogen-bond acceptors (Lipinski definition) is 6. The molecule has 0 aliphatic rings. The first kappa shape index (κ1) is 22.4. The van der Waals surface area contributed by atoms with Crippen LogP contribution in [0.2, 0.25) is 0 Å². The molecule has 0 amide bonds. The molecule has 0 rings (SSSR count). The molecule has 0 aromatic heterocycles. The van der Waals surface area contributed by atoms with Crippen molar-refractivity contribution in [3.63, 3.8) is 0 Å². The minimum Gasteiger partial charge on any atom is -0.682 e. The maximum atomic E-state index is 10.5. The van der Waals surface area contributed by atoms with E-state index >= 15 is 0 Å². The summed E-state index contributed by atoms with van der Waals surface area (Å²) in [5, 5.41) is 8.66. The maximum absolute atomic E-state index is 10.5. The van der Waals surface area contributed by atoms with Crippen molar-refractivity contribution in [3.8, 4) is 0 Å². The average Bonchev–Trinajstić information content (AvgIpc) is 1.95. The van der Waals surface area contributed by atoms with Gasteiger partial charge in [0.1, 0.15) is 8.38 Å². The topological polar surface area (TPSA) is 130 Å². The fourth-order valence-electron chi connectivity index (χ4n) is 0.793. The first-order chi connectivity index (χ1) is 5.95. The van der Waals surface area contributed by atoms with Crippen molar-refractivity contribution in [3.05, 3.63) is 0 Å². The van der Waals surface area contributed by atoms with E-state index in [2.05, 4.69) is 0 Å². The Morgan fingerprint density at radius 1 is 1.27 bits per heavy atom. The van der Waals surface area contributed by atoms with Gasteiger partial charge < -0.3 is 24.6 Å². The van der Waals surface area contributed by atoms with Gasteiger partial charge in [0.05, 0.1) is 0 Å². The van der Waals surface area contributed by atoms with E-state index in [9.17, 15) is 24.6 Å². The van der Waals surface area contributed by atoms with Gasteiger partial charge >= 0.3 is 59.1 Å². The van der Waals surface area contributed by atoms with Crippen molar-refractivity contribution in [1.82, 2.24) is 0 Å². The predicted octanol–water partition coefficient (Wildman–Crippen LogP) is -9.60. The Bertz CT molecular complexity index is 162. The van der Waals surface area contributed by atoms with Crippen molar-refractivity contribution < 1.29 is 88.6 Å². The number of carboxylic acid groups (broad SMARTS) is 1. The molecule has 10 heteroatoms. The molecule has 0 spiro atoms. The second kappa shape index (κ2) is 12.6. The molecular weight excluding hydrogens is 264 g/mol. The smallest absolute Gasteiger partial charge is 0.682 e. The van der Waals surface area contributed by atoms with Gasteiger partial charge in [0.15, 0.2) is 5.40 Å². The van der Waals surface area contributed by atoms with Gasteiger partial charge in [0.2, 0.25) is 0 Å². The molecule has 78 valence electrons. The standard InChI is InChI=1S/C5H11O6P2.2Na/c6-4(7)2-1-3-5(12(8)9)13(10)11;;/h5,8,12-13H,1-3H2,(H,6,7);;/q-1;2*+1/p-1. The van der Waals surface area contributed by atoms with Crippen LogP contribution in [0.5, 0.6) is 0 Å². The molecule has 1 N–H and O–H groups in total. The first-order valence-electron chi connectivity index (χ1n) is 3.58. The van der Waals surface area contributed by atoms with Crippen molar-refractivity contribution in [1.29, 1.82) is 0 Å². The minimum atomic E-state index is -3.30.